The van der Waals surface area contributed by atoms with E-state index in [1.807, 2.05) is 29.2 Å². The van der Waals surface area contributed by atoms with E-state index in [9.17, 15) is 19.2 Å². The van der Waals surface area contributed by atoms with Gasteiger partial charge in [0.05, 0.1) is 18.0 Å². The number of nitriles is 1. The number of tetrazole rings is 1. The van der Waals surface area contributed by atoms with Gasteiger partial charge in [-0.25, -0.2) is 9.49 Å². The number of piperidine rings is 1. The molecule has 0 spiro atoms. The number of aromatic nitrogens is 4. The molecule has 3 aromatic rings. The number of aromatic amines is 1. The molecular formula is C30H31FN8O2. The molecule has 2 saturated heterocycles. The number of nitrogens with one attached hydrogen (secondary N) is 2. The van der Waals surface area contributed by atoms with Crippen molar-refractivity contribution in [3.63, 3.8) is 0 Å². The minimum atomic E-state index is -0.864. The molecule has 3 fully saturated rings. The second kappa shape index (κ2) is 10.0. The molecule has 3 heterocycles. The van der Waals surface area contributed by atoms with E-state index in [1.54, 1.807) is 11.0 Å². The Balaban J connectivity index is 1.23. The van der Waals surface area contributed by atoms with E-state index in [1.165, 1.54) is 6.07 Å². The topological polar surface area (TPSA) is 131 Å². The normalized spacial score (nSPS) is 25.8. The van der Waals surface area contributed by atoms with Crippen molar-refractivity contribution in [3.05, 3.63) is 75.9 Å². The first-order chi connectivity index (χ1) is 20.0. The van der Waals surface area contributed by atoms with Crippen molar-refractivity contribution in [2.24, 2.45) is 5.92 Å². The Bertz CT molecular complexity index is 1550. The number of benzene rings is 2. The lowest BCUT2D eigenvalue weighted by molar-refractivity contribution is -0.131. The Hall–Kier alpha value is -4.17. The van der Waals surface area contributed by atoms with Crippen LogP contribution in [0.3, 0.4) is 0 Å². The van der Waals surface area contributed by atoms with Gasteiger partial charge >= 0.3 is 0 Å². The molecule has 10 nitrogen and oxygen atoms in total. The van der Waals surface area contributed by atoms with Crippen molar-refractivity contribution >= 4 is 11.8 Å². The lowest BCUT2D eigenvalue weighted by atomic mass is 9.69. The average molecular weight is 555 g/mol. The predicted molar refractivity (Wildman–Crippen MR) is 145 cm³/mol. The molecule has 2 N–H and O–H groups in total. The maximum Gasteiger partial charge on any atom is 0.253 e. The van der Waals surface area contributed by atoms with Crippen LogP contribution < -0.4 is 5.32 Å². The maximum absolute atomic E-state index is 14.5. The number of hydrogen-bond acceptors (Lipinski definition) is 7. The molecule has 7 rings (SSSR count). The van der Waals surface area contributed by atoms with Crippen molar-refractivity contribution in [3.8, 4) is 6.07 Å². The molecular weight excluding hydrogens is 523 g/mol. The van der Waals surface area contributed by atoms with E-state index in [2.05, 4.69) is 32.0 Å². The highest BCUT2D eigenvalue weighted by atomic mass is 19.1. The molecule has 1 saturated carbocycles. The Morgan fingerprint density at radius 1 is 1.12 bits per heavy atom. The summed E-state index contributed by atoms with van der Waals surface area (Å²) in [4.78, 5) is 29.8. The minimum Gasteiger partial charge on any atom is -0.339 e. The van der Waals surface area contributed by atoms with Crippen LogP contribution in [0.25, 0.3) is 0 Å². The zero-order valence-electron chi connectivity index (χ0n) is 22.6. The average Bonchev–Trinajstić information content (AvgIpc) is 3.34. The second-order valence-corrected chi connectivity index (χ2v) is 11.6. The molecule has 2 aliphatic heterocycles. The van der Waals surface area contributed by atoms with Crippen molar-refractivity contribution < 1.29 is 14.0 Å². The number of amides is 2. The first kappa shape index (κ1) is 25.8. The molecule has 2 aliphatic carbocycles. The number of nitrogens with zero attached hydrogens (tertiary/aromatic N) is 6. The highest BCUT2D eigenvalue weighted by molar-refractivity contribution is 5.95. The van der Waals surface area contributed by atoms with E-state index in [0.717, 1.165) is 54.6 Å². The molecule has 41 heavy (non-hydrogen) atoms. The maximum atomic E-state index is 14.5. The lowest BCUT2D eigenvalue weighted by Gasteiger charge is -2.35. The molecule has 1 aromatic heterocycles. The third kappa shape index (κ3) is 4.28. The van der Waals surface area contributed by atoms with Gasteiger partial charge < -0.3 is 15.1 Å². The number of hydrogen-bond donors (Lipinski definition) is 2. The summed E-state index contributed by atoms with van der Waals surface area (Å²) in [5, 5.41) is 28.0. The van der Waals surface area contributed by atoms with Crippen LogP contribution >= 0.6 is 0 Å². The molecule has 2 aromatic carbocycles. The Kier molecular flexibility index (Phi) is 6.31. The highest BCUT2D eigenvalue weighted by Crippen LogP contribution is 2.48. The van der Waals surface area contributed by atoms with Crippen LogP contribution in [0, 0.1) is 23.1 Å². The van der Waals surface area contributed by atoms with Gasteiger partial charge in [0.15, 0.2) is 5.82 Å². The number of fused-ring (bicyclic) bond motifs is 3. The van der Waals surface area contributed by atoms with Crippen molar-refractivity contribution in [1.82, 2.24) is 35.7 Å². The first-order valence-electron chi connectivity index (χ1n) is 14.4. The van der Waals surface area contributed by atoms with Crippen LogP contribution in [0.4, 0.5) is 4.39 Å². The van der Waals surface area contributed by atoms with Crippen LogP contribution in [0.5, 0.6) is 0 Å². The number of halogens is 1. The number of aryl methyl sites for hydroxylation is 2. The van der Waals surface area contributed by atoms with E-state index in [-0.39, 0.29) is 36.3 Å². The summed E-state index contributed by atoms with van der Waals surface area (Å²) >= 11 is 0. The summed E-state index contributed by atoms with van der Waals surface area (Å²) in [6, 6.07) is 12.8. The highest BCUT2D eigenvalue weighted by Gasteiger charge is 2.54. The van der Waals surface area contributed by atoms with E-state index < -0.39 is 5.41 Å². The van der Waals surface area contributed by atoms with Gasteiger partial charge in [0.2, 0.25) is 5.91 Å². The lowest BCUT2D eigenvalue weighted by Crippen LogP contribution is -2.44. The quantitative estimate of drug-likeness (QED) is 0.428. The summed E-state index contributed by atoms with van der Waals surface area (Å²) in [5.41, 5.74) is 3.49. The second-order valence-electron chi connectivity index (χ2n) is 11.6. The molecule has 1 unspecified atom stereocenters. The van der Waals surface area contributed by atoms with E-state index in [0.29, 0.717) is 43.1 Å². The van der Waals surface area contributed by atoms with Gasteiger partial charge in [-0.1, -0.05) is 12.1 Å². The van der Waals surface area contributed by atoms with Crippen LogP contribution in [0.1, 0.15) is 64.1 Å². The van der Waals surface area contributed by atoms with Gasteiger partial charge in [-0.3, -0.25) is 9.59 Å². The Morgan fingerprint density at radius 3 is 2.61 bits per heavy atom. The van der Waals surface area contributed by atoms with Crippen molar-refractivity contribution in [2.45, 2.75) is 56.0 Å². The smallest absolute Gasteiger partial charge is 0.253 e. The summed E-state index contributed by atoms with van der Waals surface area (Å²) in [5.74, 6) is 0.633. The largest absolute Gasteiger partial charge is 0.339 e. The summed E-state index contributed by atoms with van der Waals surface area (Å²) < 4.78 is 14.5. The number of H-pyrrole nitrogens is 1. The molecule has 4 aliphatic rings. The van der Waals surface area contributed by atoms with Gasteiger partial charge in [-0.05, 0) is 108 Å². The molecule has 4 atom stereocenters. The minimum absolute atomic E-state index is 0.0226. The molecule has 0 radical (unpaired) electrons. The van der Waals surface area contributed by atoms with Gasteiger partial charge in [0.1, 0.15) is 11.9 Å². The number of likely N-dealkylation sites (tertiary alicyclic amines) is 2. The van der Waals surface area contributed by atoms with Gasteiger partial charge in [0.25, 0.3) is 5.91 Å². The third-order valence-corrected chi connectivity index (χ3v) is 9.39. The van der Waals surface area contributed by atoms with E-state index in [4.69, 9.17) is 0 Å². The monoisotopic (exact) mass is 554 g/mol. The zero-order chi connectivity index (χ0) is 28.1. The summed E-state index contributed by atoms with van der Waals surface area (Å²) in [6.07, 6.45) is 4.48. The Morgan fingerprint density at radius 2 is 1.90 bits per heavy atom. The van der Waals surface area contributed by atoms with E-state index >= 15 is 0 Å². The van der Waals surface area contributed by atoms with Crippen LogP contribution in [-0.2, 0) is 23.1 Å². The number of rotatable bonds is 7. The predicted octanol–water partition coefficient (Wildman–Crippen LogP) is 2.11. The van der Waals surface area contributed by atoms with Crippen molar-refractivity contribution in [2.75, 3.05) is 26.2 Å². The first-order valence-corrected chi connectivity index (χ1v) is 14.4. The van der Waals surface area contributed by atoms with Gasteiger partial charge in [-0.15, -0.1) is 5.10 Å². The summed E-state index contributed by atoms with van der Waals surface area (Å²) in [6.45, 7) is 2.11. The van der Waals surface area contributed by atoms with Gasteiger partial charge in [-0.2, -0.15) is 5.26 Å². The molecule has 2 amide bonds. The van der Waals surface area contributed by atoms with Crippen molar-refractivity contribution in [1.29, 1.82) is 5.26 Å². The standard InChI is InChI=1S/C30H31FN8O2/c31-22-5-7-25-19(13-22)3-2-18-12-20(28(41)38-10-1-11-38)4-6-24(18)30(25,29-34-36-37-35-29)8-9-33-17-27(40)39-23(16-32)14-21-15-26(21)39/h4-7,12-13,21,23,26,33H,1-3,8-11,14-15,17H2,(H,34,35,36,37)/t21-,23+,26+,30?/m1/s1. The SMILES string of the molecule is N#C[C@@H]1C[C@@H]2C[C@@H]2N1C(=O)CNCCC1(c2nnn[nH]2)c2ccc(F)cc2CCc2cc(C(=O)N3CCC3)ccc21. The fourth-order valence-electron chi connectivity index (χ4n) is 7.13. The van der Waals surface area contributed by atoms with Crippen LogP contribution in [0.15, 0.2) is 36.4 Å². The Labute approximate surface area is 236 Å². The summed E-state index contributed by atoms with van der Waals surface area (Å²) in [7, 11) is 0. The number of carbonyl (C=O) groups is 2. The van der Waals surface area contributed by atoms with Gasteiger partial charge in [0, 0.05) is 24.7 Å². The van der Waals surface area contributed by atoms with Crippen LogP contribution in [0.2, 0.25) is 0 Å². The molecule has 11 heteroatoms. The van der Waals surface area contributed by atoms with Crippen LogP contribution in [-0.4, -0.2) is 80.5 Å². The number of carbonyl (C=O) groups excluding carboxylic acids is 2. The fraction of sp³-hybridized carbons (Fsp3) is 0.467. The molecule has 0 bridgehead atoms. The zero-order valence-corrected chi connectivity index (χ0v) is 22.6. The third-order valence-electron chi connectivity index (χ3n) is 9.39. The molecule has 210 valence electrons. The fourth-order valence-corrected chi connectivity index (χ4v) is 7.13.